The van der Waals surface area contributed by atoms with E-state index in [0.29, 0.717) is 0 Å². The molecule has 0 spiro atoms. The topological polar surface area (TPSA) is 127 Å². The van der Waals surface area contributed by atoms with Crippen molar-refractivity contribution in [2.45, 2.75) is 10.8 Å². The molecule has 0 bridgehead atoms. The van der Waals surface area contributed by atoms with E-state index in [1.807, 2.05) is 0 Å². The molecule has 2 heterocycles. The first-order chi connectivity index (χ1) is 8.90. The van der Waals surface area contributed by atoms with E-state index in [1.54, 1.807) is 7.05 Å². The Bertz CT molecular complexity index is 704. The van der Waals surface area contributed by atoms with Crippen molar-refractivity contribution in [3.63, 3.8) is 0 Å². The minimum absolute atomic E-state index is 0.125. The highest BCUT2D eigenvalue weighted by molar-refractivity contribution is 7.91. The van der Waals surface area contributed by atoms with Gasteiger partial charge >= 0.3 is 5.97 Å². The van der Waals surface area contributed by atoms with Gasteiger partial charge in [0.05, 0.1) is 12.1 Å². The summed E-state index contributed by atoms with van der Waals surface area (Å²) < 4.78 is 27.2. The van der Waals surface area contributed by atoms with Gasteiger partial charge in [0.2, 0.25) is 0 Å². The van der Waals surface area contributed by atoms with Crippen LogP contribution in [0.2, 0.25) is 0 Å². The lowest BCUT2D eigenvalue weighted by Gasteiger charge is -2.02. The van der Waals surface area contributed by atoms with E-state index in [1.165, 1.54) is 11.0 Å². The molecule has 11 heteroatoms. The van der Waals surface area contributed by atoms with Crippen molar-refractivity contribution in [1.29, 1.82) is 0 Å². The highest BCUT2D eigenvalue weighted by atomic mass is 32.2. The van der Waals surface area contributed by atoms with Crippen molar-refractivity contribution < 1.29 is 18.3 Å². The number of carboxylic acid groups (broad SMARTS) is 1. The molecule has 9 nitrogen and oxygen atoms in total. The summed E-state index contributed by atoms with van der Waals surface area (Å²) in [5.41, 5.74) is 0.670. The lowest BCUT2D eigenvalue weighted by atomic mass is 10.5. The van der Waals surface area contributed by atoms with Crippen molar-refractivity contribution in [2.24, 2.45) is 7.05 Å². The predicted octanol–water partition coefficient (Wildman–Crippen LogP) is -0.552. The summed E-state index contributed by atoms with van der Waals surface area (Å²) in [5, 5.41) is 12.7. The first-order valence-electron chi connectivity index (χ1n) is 4.91. The van der Waals surface area contributed by atoms with E-state index in [9.17, 15) is 13.2 Å². The number of aromatic nitrogens is 4. The number of sulfonamides is 1. The molecule has 0 aliphatic rings. The molecule has 0 amide bonds. The fourth-order valence-corrected chi connectivity index (χ4v) is 3.42. The Morgan fingerprint density at radius 2 is 2.26 bits per heavy atom. The second kappa shape index (κ2) is 5.03. The summed E-state index contributed by atoms with van der Waals surface area (Å²) in [7, 11) is -2.30. The number of rotatable bonds is 5. The maximum Gasteiger partial charge on any atom is 0.356 e. The van der Waals surface area contributed by atoms with Crippen molar-refractivity contribution in [3.05, 3.63) is 23.4 Å². The zero-order valence-electron chi connectivity index (χ0n) is 9.64. The van der Waals surface area contributed by atoms with E-state index in [4.69, 9.17) is 5.11 Å². The van der Waals surface area contributed by atoms with Gasteiger partial charge in [-0.05, 0) is 0 Å². The van der Waals surface area contributed by atoms with Gasteiger partial charge in [0.15, 0.2) is 15.7 Å². The highest BCUT2D eigenvalue weighted by Gasteiger charge is 2.25. The highest BCUT2D eigenvalue weighted by Crippen LogP contribution is 2.19. The van der Waals surface area contributed by atoms with E-state index < -0.39 is 21.7 Å². The normalized spacial score (nSPS) is 11.6. The van der Waals surface area contributed by atoms with Gasteiger partial charge < -0.3 is 5.11 Å². The Balaban J connectivity index is 2.18. The molecule has 0 aromatic carbocycles. The van der Waals surface area contributed by atoms with Crippen molar-refractivity contribution >= 4 is 27.3 Å². The van der Waals surface area contributed by atoms with Crippen LogP contribution in [0.15, 0.2) is 16.0 Å². The molecule has 102 valence electrons. The van der Waals surface area contributed by atoms with Gasteiger partial charge in [-0.3, -0.25) is 4.68 Å². The molecule has 0 saturated heterocycles. The van der Waals surface area contributed by atoms with E-state index in [-0.39, 0.29) is 16.6 Å². The molecule has 0 radical (unpaired) electrons. The molecule has 2 aromatic heterocycles. The maximum absolute atomic E-state index is 11.9. The molecule has 2 N–H and O–H groups in total. The van der Waals surface area contributed by atoms with Crippen molar-refractivity contribution in [1.82, 2.24) is 24.5 Å². The first kappa shape index (κ1) is 13.6. The van der Waals surface area contributed by atoms with Crippen LogP contribution in [0.25, 0.3) is 0 Å². The van der Waals surface area contributed by atoms with Gasteiger partial charge in [-0.25, -0.2) is 27.9 Å². The smallest absolute Gasteiger partial charge is 0.356 e. The zero-order valence-corrected chi connectivity index (χ0v) is 11.3. The fraction of sp³-hybridized carbons (Fsp3) is 0.250. The fourth-order valence-electron chi connectivity index (χ4n) is 1.26. The number of aromatic carboxylic acids is 1. The Morgan fingerprint density at radius 3 is 2.84 bits per heavy atom. The minimum Gasteiger partial charge on any atom is -0.476 e. The minimum atomic E-state index is -3.95. The Kier molecular flexibility index (Phi) is 3.59. The number of carbonyl (C=O) groups is 1. The van der Waals surface area contributed by atoms with Gasteiger partial charge in [-0.1, -0.05) is 0 Å². The van der Waals surface area contributed by atoms with Crippen LogP contribution in [0, 0.1) is 0 Å². The Morgan fingerprint density at radius 1 is 1.53 bits per heavy atom. The lowest BCUT2D eigenvalue weighted by Crippen LogP contribution is -2.24. The van der Waals surface area contributed by atoms with E-state index in [2.05, 4.69) is 19.8 Å². The number of thiazole rings is 1. The number of nitrogens with zero attached hydrogens (tertiary/aromatic N) is 4. The summed E-state index contributed by atoms with van der Waals surface area (Å²) in [6, 6.07) is 0. The van der Waals surface area contributed by atoms with Gasteiger partial charge in [-0.2, -0.15) is 5.10 Å². The summed E-state index contributed by atoms with van der Waals surface area (Å²) in [6.07, 6.45) is 1.43. The quantitative estimate of drug-likeness (QED) is 0.758. The summed E-state index contributed by atoms with van der Waals surface area (Å²) in [5.74, 6) is -1.11. The number of carboxylic acids is 1. The molecular formula is C8H9N5O4S2. The first-order valence-corrected chi connectivity index (χ1v) is 7.27. The zero-order chi connectivity index (χ0) is 14.0. The molecule has 0 atom stereocenters. The van der Waals surface area contributed by atoms with Crippen LogP contribution in [0.5, 0.6) is 0 Å². The van der Waals surface area contributed by atoms with Crippen molar-refractivity contribution in [3.8, 4) is 0 Å². The van der Waals surface area contributed by atoms with Crippen LogP contribution in [0.4, 0.5) is 0 Å². The van der Waals surface area contributed by atoms with Gasteiger partial charge in [0.1, 0.15) is 6.33 Å². The molecule has 0 saturated carbocycles. The van der Waals surface area contributed by atoms with E-state index in [0.717, 1.165) is 16.8 Å². The third-order valence-corrected chi connectivity index (χ3v) is 4.82. The Hall–Kier alpha value is -1.85. The number of hydrogen-bond acceptors (Lipinski definition) is 7. The van der Waals surface area contributed by atoms with Crippen LogP contribution in [0.3, 0.4) is 0 Å². The lowest BCUT2D eigenvalue weighted by molar-refractivity contribution is 0.0687. The van der Waals surface area contributed by atoms with Crippen LogP contribution in [0.1, 0.15) is 16.3 Å². The average molecular weight is 303 g/mol. The molecule has 19 heavy (non-hydrogen) atoms. The second-order valence-corrected chi connectivity index (χ2v) is 6.27. The largest absolute Gasteiger partial charge is 0.476 e. The monoisotopic (exact) mass is 303 g/mol. The van der Waals surface area contributed by atoms with Crippen LogP contribution < -0.4 is 4.72 Å². The second-order valence-electron chi connectivity index (χ2n) is 3.45. The standard InChI is InChI=1S/C8H9N5O4S2/c1-13-3-9-5(12-13)2-11-19(16,17)8-6(7(14)15)10-4-18-8/h3-4,11H,2H2,1H3,(H,14,15). The average Bonchev–Trinajstić information content (AvgIpc) is 2.94. The number of nitrogens with one attached hydrogen (secondary N) is 1. The van der Waals surface area contributed by atoms with Crippen molar-refractivity contribution in [2.75, 3.05) is 0 Å². The van der Waals surface area contributed by atoms with Gasteiger partial charge in [0, 0.05) is 7.05 Å². The molecule has 2 rings (SSSR count). The molecule has 0 aliphatic heterocycles. The van der Waals surface area contributed by atoms with Crippen LogP contribution >= 0.6 is 11.3 Å². The molecule has 2 aromatic rings. The van der Waals surface area contributed by atoms with Gasteiger partial charge in [-0.15, -0.1) is 11.3 Å². The van der Waals surface area contributed by atoms with Crippen LogP contribution in [-0.2, 0) is 23.6 Å². The summed E-state index contributed by atoms with van der Waals surface area (Å²) in [6.45, 7) is -0.125. The maximum atomic E-state index is 11.9. The van der Waals surface area contributed by atoms with Gasteiger partial charge in [0.25, 0.3) is 10.0 Å². The number of hydrogen-bond donors (Lipinski definition) is 2. The SMILES string of the molecule is Cn1cnc(CNS(=O)(=O)c2scnc2C(=O)O)n1. The predicted molar refractivity (Wildman–Crippen MR) is 64.1 cm³/mol. The third-order valence-electron chi connectivity index (χ3n) is 2.05. The summed E-state index contributed by atoms with van der Waals surface area (Å²) >= 11 is 0.737. The third kappa shape index (κ3) is 2.94. The Labute approximate surface area is 112 Å². The molecule has 0 fully saturated rings. The molecular weight excluding hydrogens is 294 g/mol. The molecule has 0 aliphatic carbocycles. The van der Waals surface area contributed by atoms with E-state index >= 15 is 0 Å². The molecule has 0 unspecified atom stereocenters. The van der Waals surface area contributed by atoms with Crippen LogP contribution in [-0.4, -0.2) is 39.2 Å². The summed E-state index contributed by atoms with van der Waals surface area (Å²) in [4.78, 5) is 18.2. The number of aryl methyl sites for hydroxylation is 1.